The van der Waals surface area contributed by atoms with E-state index < -0.39 is 11.0 Å². The predicted octanol–water partition coefficient (Wildman–Crippen LogP) is 5.35. The predicted molar refractivity (Wildman–Crippen MR) is 130 cm³/mol. The van der Waals surface area contributed by atoms with Gasteiger partial charge in [0, 0.05) is 29.0 Å². The van der Waals surface area contributed by atoms with E-state index in [1.807, 2.05) is 12.1 Å². The maximum absolute atomic E-state index is 13.9. The van der Waals surface area contributed by atoms with E-state index in [0.29, 0.717) is 17.7 Å². The SMILES string of the molecule is CSc1ccccc1-c1ccc(C2(C(=O)c3cccc4c3C(=O)OC43CCNC3)CC2)cc1. The third kappa shape index (κ3) is 3.10. The van der Waals surface area contributed by atoms with Gasteiger partial charge in [0.15, 0.2) is 11.4 Å². The lowest BCUT2D eigenvalue weighted by Crippen LogP contribution is -2.28. The number of Topliss-reactive ketones (excluding diaryl/α,β-unsaturated/α-hetero) is 1. The van der Waals surface area contributed by atoms with E-state index in [1.165, 1.54) is 10.5 Å². The number of carbonyl (C=O) groups excluding carboxylic acids is 2. The minimum Gasteiger partial charge on any atom is -0.449 e. The van der Waals surface area contributed by atoms with Crippen molar-refractivity contribution in [2.24, 2.45) is 0 Å². The summed E-state index contributed by atoms with van der Waals surface area (Å²) < 4.78 is 5.84. The summed E-state index contributed by atoms with van der Waals surface area (Å²) in [7, 11) is 0. The van der Waals surface area contributed by atoms with Gasteiger partial charge in [-0.2, -0.15) is 0 Å². The number of carbonyl (C=O) groups is 2. The Kier molecular flexibility index (Phi) is 4.75. The molecule has 5 heteroatoms. The van der Waals surface area contributed by atoms with Gasteiger partial charge in [0.05, 0.1) is 11.0 Å². The second-order valence-corrected chi connectivity index (χ2v) is 10.1. The van der Waals surface area contributed by atoms with Gasteiger partial charge in [-0.25, -0.2) is 4.79 Å². The number of hydrogen-bond acceptors (Lipinski definition) is 5. The Balaban J connectivity index is 1.36. The van der Waals surface area contributed by atoms with Crippen molar-refractivity contribution >= 4 is 23.5 Å². The van der Waals surface area contributed by atoms with Crippen molar-refractivity contribution in [2.45, 2.75) is 35.2 Å². The van der Waals surface area contributed by atoms with Crippen LogP contribution in [0.5, 0.6) is 0 Å². The van der Waals surface area contributed by atoms with Crippen LogP contribution in [0.3, 0.4) is 0 Å². The van der Waals surface area contributed by atoms with E-state index >= 15 is 0 Å². The Bertz CT molecular complexity index is 1270. The molecule has 0 radical (unpaired) electrons. The lowest BCUT2D eigenvalue weighted by atomic mass is 9.82. The molecule has 1 unspecified atom stereocenters. The first kappa shape index (κ1) is 20.7. The smallest absolute Gasteiger partial charge is 0.340 e. The van der Waals surface area contributed by atoms with Gasteiger partial charge in [-0.3, -0.25) is 4.79 Å². The molecule has 2 aliphatic heterocycles. The van der Waals surface area contributed by atoms with E-state index in [1.54, 1.807) is 17.8 Å². The molecular weight excluding hydrogens is 430 g/mol. The van der Waals surface area contributed by atoms with Crippen molar-refractivity contribution in [3.05, 3.63) is 89.0 Å². The maximum Gasteiger partial charge on any atom is 0.340 e. The molecule has 166 valence electrons. The summed E-state index contributed by atoms with van der Waals surface area (Å²) in [6, 6.07) is 22.4. The summed E-state index contributed by atoms with van der Waals surface area (Å²) in [6.07, 6.45) is 4.43. The average Bonchev–Trinajstić information content (AvgIpc) is 3.46. The van der Waals surface area contributed by atoms with Gasteiger partial charge >= 0.3 is 5.97 Å². The molecule has 1 atom stereocenters. The summed E-state index contributed by atoms with van der Waals surface area (Å²) >= 11 is 1.73. The van der Waals surface area contributed by atoms with E-state index in [4.69, 9.17) is 4.74 Å². The maximum atomic E-state index is 13.9. The summed E-state index contributed by atoms with van der Waals surface area (Å²) in [5.41, 5.74) is 4.06. The monoisotopic (exact) mass is 455 g/mol. The Hall–Kier alpha value is -2.89. The Labute approximate surface area is 197 Å². The van der Waals surface area contributed by atoms with Gasteiger partial charge in [-0.1, -0.05) is 60.7 Å². The molecule has 6 rings (SSSR count). The number of rotatable bonds is 5. The van der Waals surface area contributed by atoms with E-state index in [-0.39, 0.29) is 11.8 Å². The highest BCUT2D eigenvalue weighted by atomic mass is 32.2. The average molecular weight is 456 g/mol. The lowest BCUT2D eigenvalue weighted by molar-refractivity contribution is 0.00158. The molecule has 1 saturated heterocycles. The minimum absolute atomic E-state index is 0.0385. The number of fused-ring (bicyclic) bond motifs is 2. The Morgan fingerprint density at radius 3 is 2.45 bits per heavy atom. The molecule has 1 aliphatic carbocycles. The Morgan fingerprint density at radius 2 is 1.76 bits per heavy atom. The lowest BCUT2D eigenvalue weighted by Gasteiger charge is -2.22. The van der Waals surface area contributed by atoms with Crippen LogP contribution in [-0.4, -0.2) is 31.1 Å². The molecule has 3 aromatic carbocycles. The highest BCUT2D eigenvalue weighted by molar-refractivity contribution is 7.98. The standard InChI is InChI=1S/C28H25NO3S/c1-33-23-8-3-2-5-20(23)18-9-11-19(12-10-18)27(13-14-27)25(30)21-6-4-7-22-24(21)26(31)32-28(22)15-16-29-17-28/h2-12,29H,13-17H2,1H3. The van der Waals surface area contributed by atoms with E-state index in [0.717, 1.165) is 42.5 Å². The zero-order valence-corrected chi connectivity index (χ0v) is 19.3. The van der Waals surface area contributed by atoms with Gasteiger partial charge < -0.3 is 10.1 Å². The van der Waals surface area contributed by atoms with Crippen LogP contribution in [0.1, 0.15) is 51.1 Å². The number of ether oxygens (including phenoxy) is 1. The summed E-state index contributed by atoms with van der Waals surface area (Å²) in [6.45, 7) is 1.41. The highest BCUT2D eigenvalue weighted by Gasteiger charge is 2.54. The molecule has 3 aliphatic rings. The van der Waals surface area contributed by atoms with Crippen LogP contribution < -0.4 is 5.32 Å². The molecule has 1 saturated carbocycles. The van der Waals surface area contributed by atoms with Gasteiger partial charge in [0.2, 0.25) is 0 Å². The van der Waals surface area contributed by atoms with Crippen molar-refractivity contribution in [1.29, 1.82) is 0 Å². The zero-order valence-electron chi connectivity index (χ0n) is 18.5. The fraction of sp³-hybridized carbons (Fsp3) is 0.286. The quantitative estimate of drug-likeness (QED) is 0.319. The minimum atomic E-state index is -0.619. The van der Waals surface area contributed by atoms with Gasteiger partial charge in [-0.15, -0.1) is 11.8 Å². The van der Waals surface area contributed by atoms with Crippen molar-refractivity contribution in [3.8, 4) is 11.1 Å². The third-order valence-corrected chi connectivity index (χ3v) is 8.24. The van der Waals surface area contributed by atoms with Gasteiger partial charge in [0.25, 0.3) is 0 Å². The summed E-state index contributed by atoms with van der Waals surface area (Å²) in [5, 5.41) is 3.30. The highest BCUT2D eigenvalue weighted by Crippen LogP contribution is 2.52. The molecule has 0 bridgehead atoms. The zero-order chi connectivity index (χ0) is 22.6. The number of thioether (sulfide) groups is 1. The normalized spacial score (nSPS) is 22.3. The van der Waals surface area contributed by atoms with Crippen molar-refractivity contribution in [3.63, 3.8) is 0 Å². The van der Waals surface area contributed by atoms with Crippen LogP contribution in [0.2, 0.25) is 0 Å². The topological polar surface area (TPSA) is 55.4 Å². The first-order valence-corrected chi connectivity index (χ1v) is 12.7. The van der Waals surface area contributed by atoms with Crippen LogP contribution in [0.15, 0.2) is 71.6 Å². The molecular formula is C28H25NO3S. The molecule has 33 heavy (non-hydrogen) atoms. The molecule has 1 spiro atoms. The number of esters is 1. The fourth-order valence-corrected chi connectivity index (χ4v) is 6.11. The van der Waals surface area contributed by atoms with Crippen molar-refractivity contribution in [1.82, 2.24) is 5.32 Å². The van der Waals surface area contributed by atoms with Gasteiger partial charge in [0.1, 0.15) is 0 Å². The van der Waals surface area contributed by atoms with Crippen LogP contribution >= 0.6 is 11.8 Å². The van der Waals surface area contributed by atoms with Crippen LogP contribution in [0.4, 0.5) is 0 Å². The van der Waals surface area contributed by atoms with Crippen LogP contribution in [-0.2, 0) is 15.8 Å². The fourth-order valence-electron chi connectivity index (χ4n) is 5.49. The summed E-state index contributed by atoms with van der Waals surface area (Å²) in [5.74, 6) is -0.325. The molecule has 1 N–H and O–H groups in total. The number of nitrogens with one attached hydrogen (secondary N) is 1. The van der Waals surface area contributed by atoms with Gasteiger partial charge in [-0.05, 0) is 48.4 Å². The molecule has 2 fully saturated rings. The first-order chi connectivity index (χ1) is 16.1. The second kappa shape index (κ2) is 7.57. The second-order valence-electron chi connectivity index (χ2n) is 9.23. The first-order valence-electron chi connectivity index (χ1n) is 11.4. The van der Waals surface area contributed by atoms with Crippen molar-refractivity contribution in [2.75, 3.05) is 19.3 Å². The Morgan fingerprint density at radius 1 is 0.970 bits per heavy atom. The number of benzene rings is 3. The molecule has 0 aromatic heterocycles. The van der Waals surface area contributed by atoms with Crippen molar-refractivity contribution < 1.29 is 14.3 Å². The third-order valence-electron chi connectivity index (χ3n) is 7.45. The summed E-state index contributed by atoms with van der Waals surface area (Å²) in [4.78, 5) is 28.0. The largest absolute Gasteiger partial charge is 0.449 e. The van der Waals surface area contributed by atoms with E-state index in [9.17, 15) is 9.59 Å². The molecule has 0 amide bonds. The number of ketones is 1. The molecule has 4 nitrogen and oxygen atoms in total. The van der Waals surface area contributed by atoms with E-state index in [2.05, 4.69) is 60.1 Å². The molecule has 2 heterocycles. The van der Waals surface area contributed by atoms with Crippen LogP contribution in [0.25, 0.3) is 11.1 Å². The van der Waals surface area contributed by atoms with Crippen LogP contribution in [0, 0.1) is 0 Å². The number of hydrogen-bond donors (Lipinski definition) is 1. The molecule has 3 aromatic rings.